The van der Waals surface area contributed by atoms with E-state index in [-0.39, 0.29) is 54.9 Å². The number of carboxylic acid groups (broad SMARTS) is 1. The Bertz CT molecular complexity index is 2010. The van der Waals surface area contributed by atoms with Crippen molar-refractivity contribution in [2.45, 2.75) is 30.9 Å². The lowest BCUT2D eigenvalue weighted by molar-refractivity contribution is -0.896. The number of likely N-dealkylation sites (N-methyl/N-ethyl adjacent to an activating group) is 1. The van der Waals surface area contributed by atoms with Gasteiger partial charge in [-0.05, 0) is 26.0 Å². The summed E-state index contributed by atoms with van der Waals surface area (Å²) in [7, 11) is 2.00. The van der Waals surface area contributed by atoms with E-state index in [9.17, 15) is 44.2 Å². The number of nitrogens with zero attached hydrogens (tertiary/aromatic N) is 6. The first kappa shape index (κ1) is 38.2. The van der Waals surface area contributed by atoms with E-state index in [0.29, 0.717) is 42.8 Å². The molecule has 4 amide bonds. The molecule has 53 heavy (non-hydrogen) atoms. The molecule has 4 aliphatic heterocycles. The zero-order chi connectivity index (χ0) is 38.7. The second kappa shape index (κ2) is 14.0. The fourth-order valence-electron chi connectivity index (χ4n) is 7.18. The van der Waals surface area contributed by atoms with Crippen LogP contribution in [-0.4, -0.2) is 132 Å². The minimum Gasteiger partial charge on any atom is -0.504 e. The average molecular weight is 813 g/mol. The minimum absolute atomic E-state index is 0.0168. The Hall–Kier alpha value is -4.50. The number of β-lactam (4-membered cyclic amide) rings is 1. The quantitative estimate of drug-likeness (QED) is 0.0574. The van der Waals surface area contributed by atoms with E-state index in [1.807, 2.05) is 7.05 Å². The molecule has 0 saturated carbocycles. The Balaban J connectivity index is 1.14. The summed E-state index contributed by atoms with van der Waals surface area (Å²) in [5.41, 5.74) is 3.61. The van der Waals surface area contributed by atoms with Crippen LogP contribution in [0.25, 0.3) is 0 Å². The number of phenols is 2. The van der Waals surface area contributed by atoms with Crippen LogP contribution in [0.1, 0.15) is 29.9 Å². The summed E-state index contributed by atoms with van der Waals surface area (Å²) in [5.74, 6) is -5.05. The van der Waals surface area contributed by atoms with Crippen molar-refractivity contribution in [2.24, 2.45) is 22.2 Å². The van der Waals surface area contributed by atoms with Gasteiger partial charge in [0.15, 0.2) is 22.3 Å². The molecule has 22 heteroatoms. The number of oxime groups is 1. The highest BCUT2D eigenvalue weighted by atomic mass is 35.5. The molecule has 3 saturated heterocycles. The van der Waals surface area contributed by atoms with Crippen LogP contribution >= 0.6 is 46.3 Å². The number of likely N-dealkylation sites (tertiary alicyclic amines) is 2. The minimum atomic E-state index is -1.86. The van der Waals surface area contributed by atoms with Crippen LogP contribution in [0, 0.1) is 16.7 Å². The molecule has 18 nitrogen and oxygen atoms in total. The third-order valence-corrected chi connectivity index (χ3v) is 12.5. The Morgan fingerprint density at radius 2 is 1.83 bits per heavy atom. The van der Waals surface area contributed by atoms with E-state index in [0.717, 1.165) is 16.2 Å². The summed E-state index contributed by atoms with van der Waals surface area (Å²) < 4.78 is 0.434. The number of fused-ring (bicyclic) bond motifs is 2. The zero-order valence-corrected chi connectivity index (χ0v) is 31.4. The van der Waals surface area contributed by atoms with E-state index in [1.54, 1.807) is 4.90 Å². The van der Waals surface area contributed by atoms with Crippen molar-refractivity contribution in [3.05, 3.63) is 48.9 Å². The van der Waals surface area contributed by atoms with Crippen LogP contribution in [0.5, 0.6) is 11.5 Å². The maximum absolute atomic E-state index is 13.5. The molecule has 1 aromatic carbocycles. The first-order chi connectivity index (χ1) is 24.9. The molecule has 6 rings (SSSR count). The molecule has 3 fully saturated rings. The third kappa shape index (κ3) is 7.00. The molecule has 4 atom stereocenters. The molecule has 0 bridgehead atoms. The number of rotatable bonds is 10. The standard InChI is InChI=1S/C31H32Cl2N8O10S2/c1-31(2,29(49)37-50)51-38-19(18-23(33)53-30(34)36-18)24(44)35-20-26(46)40-21(28(47)48)14(11-52-27(20)40)10-41(3)8-12-6-39(7-13(12)9-41)25(45)15-4-5-16(42)22(43)17(15)32/h4-5,12-13,20,27H,6-11H2,1-3H3,(H5-,34,35,36,37,38,42,43,44,45,47,48,49,50)/p+1/t12?,13?,20-,27-,41?/m1/s1. The zero-order valence-electron chi connectivity index (χ0n) is 28.2. The number of benzene rings is 1. The smallest absolute Gasteiger partial charge is 0.352 e. The second-order valence-corrected chi connectivity index (χ2v) is 17.0. The van der Waals surface area contributed by atoms with Gasteiger partial charge >= 0.3 is 11.9 Å². The summed E-state index contributed by atoms with van der Waals surface area (Å²) >= 11 is 14.5. The van der Waals surface area contributed by atoms with E-state index in [1.165, 1.54) is 37.7 Å². The second-order valence-electron chi connectivity index (χ2n) is 13.9. The van der Waals surface area contributed by atoms with Crippen LogP contribution < -0.4 is 11.1 Å². The number of carbonyl (C=O) groups is 5. The van der Waals surface area contributed by atoms with Crippen LogP contribution in [-0.2, 0) is 24.0 Å². The maximum atomic E-state index is 13.5. The van der Waals surface area contributed by atoms with Crippen LogP contribution in [0.4, 0.5) is 5.13 Å². The number of aromatic nitrogens is 1. The fourth-order valence-corrected chi connectivity index (χ4v) is 9.69. The van der Waals surface area contributed by atoms with Gasteiger partial charge in [-0.2, -0.15) is 0 Å². The van der Waals surface area contributed by atoms with Gasteiger partial charge in [-0.3, -0.25) is 24.1 Å². The third-order valence-electron chi connectivity index (χ3n) is 9.65. The Morgan fingerprint density at radius 3 is 2.42 bits per heavy atom. The number of phenolic OH excluding ortho intramolecular Hbond substituents is 2. The molecule has 0 aliphatic carbocycles. The average Bonchev–Trinajstić information content (AvgIpc) is 3.74. The molecular weight excluding hydrogens is 779 g/mol. The number of nitroso groups, excluding NO2 is 1. The normalized spacial score (nSPS) is 25.5. The van der Waals surface area contributed by atoms with E-state index >= 15 is 0 Å². The van der Waals surface area contributed by atoms with Gasteiger partial charge in [0.05, 0.1) is 30.7 Å². The molecule has 5 heterocycles. The number of carbonyl (C=O) groups excluding carboxylic acids is 4. The number of thiazole rings is 1. The first-order valence-electron chi connectivity index (χ1n) is 16.0. The summed E-state index contributed by atoms with van der Waals surface area (Å²) in [6.07, 6.45) is 0. The van der Waals surface area contributed by atoms with Gasteiger partial charge in [0, 0.05) is 41.4 Å². The van der Waals surface area contributed by atoms with E-state index < -0.39 is 57.9 Å². The van der Waals surface area contributed by atoms with Crippen molar-refractivity contribution in [3.63, 3.8) is 0 Å². The van der Waals surface area contributed by atoms with Gasteiger partial charge in [-0.15, -0.1) is 16.7 Å². The molecule has 1 aromatic heterocycles. The number of hydrogen-bond donors (Lipinski definition) is 5. The lowest BCUT2D eigenvalue weighted by Gasteiger charge is -2.50. The highest BCUT2D eigenvalue weighted by Crippen LogP contribution is 2.43. The molecular formula is C31H33Cl2N8O10S2+. The highest BCUT2D eigenvalue weighted by Gasteiger charge is 2.56. The monoisotopic (exact) mass is 811 g/mol. The van der Waals surface area contributed by atoms with Crippen LogP contribution in [0.2, 0.25) is 9.36 Å². The number of quaternary nitrogens is 1. The number of nitrogens with two attached hydrogens (primary N) is 1. The molecule has 0 radical (unpaired) electrons. The Labute approximate surface area is 319 Å². The number of halogens is 2. The molecule has 2 unspecified atom stereocenters. The van der Waals surface area contributed by atoms with Crippen molar-refractivity contribution in [1.29, 1.82) is 0 Å². The molecule has 282 valence electrons. The van der Waals surface area contributed by atoms with Crippen molar-refractivity contribution >= 4 is 86.7 Å². The van der Waals surface area contributed by atoms with Gasteiger partial charge in [-0.1, -0.05) is 39.7 Å². The fraction of sp³-hybridized carbons (Fsp3) is 0.452. The highest BCUT2D eigenvalue weighted by molar-refractivity contribution is 8.00. The summed E-state index contributed by atoms with van der Waals surface area (Å²) in [6, 6.07) is 1.40. The Morgan fingerprint density at radius 1 is 1.17 bits per heavy atom. The number of nitrogen functional groups attached to an aromatic ring is 1. The number of carboxylic acids is 1. The van der Waals surface area contributed by atoms with Crippen molar-refractivity contribution in [3.8, 4) is 11.5 Å². The van der Waals surface area contributed by atoms with Crippen molar-refractivity contribution < 1.29 is 48.6 Å². The van der Waals surface area contributed by atoms with Gasteiger partial charge < -0.3 is 40.6 Å². The first-order valence-corrected chi connectivity index (χ1v) is 18.6. The van der Waals surface area contributed by atoms with Crippen molar-refractivity contribution in [2.75, 3.05) is 51.3 Å². The number of aliphatic carboxylic acids is 1. The topological polar surface area (TPSA) is 254 Å². The number of thioether (sulfide) groups is 1. The number of aromatic hydroxyl groups is 2. The molecule has 2 aromatic rings. The van der Waals surface area contributed by atoms with E-state index in [4.69, 9.17) is 33.8 Å². The number of nitrogens with one attached hydrogen (secondary N) is 1. The number of amides is 4. The molecule has 0 spiro atoms. The van der Waals surface area contributed by atoms with Gasteiger partial charge in [0.1, 0.15) is 33.7 Å². The van der Waals surface area contributed by atoms with Crippen molar-refractivity contribution in [1.82, 2.24) is 20.1 Å². The van der Waals surface area contributed by atoms with Crippen LogP contribution in [0.3, 0.4) is 0 Å². The lowest BCUT2D eigenvalue weighted by Crippen LogP contribution is -2.71. The number of hydrogen-bond acceptors (Lipinski definition) is 14. The molecule has 4 aliphatic rings. The molecule has 6 N–H and O–H groups in total. The number of anilines is 1. The largest absolute Gasteiger partial charge is 0.504 e. The lowest BCUT2D eigenvalue weighted by atomic mass is 10.0. The predicted molar refractivity (Wildman–Crippen MR) is 192 cm³/mol. The van der Waals surface area contributed by atoms with Gasteiger partial charge in [0.25, 0.3) is 17.7 Å². The van der Waals surface area contributed by atoms with Gasteiger partial charge in [-0.25, -0.2) is 9.78 Å². The van der Waals surface area contributed by atoms with E-state index in [2.05, 4.69) is 20.6 Å². The maximum Gasteiger partial charge on any atom is 0.352 e. The summed E-state index contributed by atoms with van der Waals surface area (Å²) in [6.45, 7) is 4.87. The summed E-state index contributed by atoms with van der Waals surface area (Å²) in [4.78, 5) is 87.6. The SMILES string of the molecule is CC(C)(O/N=C(\C(=O)N[C@@H]1C(=O)N2C(C(=O)O)=C(C[N+]3(C)CC4CN(C(=O)c5ccc(O)c(O)c5Cl)CC4C3)CS[C@H]12)c1nc(N)sc1Cl)C(=O)N=O. The summed E-state index contributed by atoms with van der Waals surface area (Å²) in [5, 5.41) is 37.6. The predicted octanol–water partition coefficient (Wildman–Crippen LogP) is 1.82. The Kier molecular flexibility index (Phi) is 10.1. The van der Waals surface area contributed by atoms with Gasteiger partial charge in [0.2, 0.25) is 5.60 Å². The van der Waals surface area contributed by atoms with Crippen LogP contribution in [0.15, 0.2) is 33.7 Å².